The number of aliphatic hydroxyl groups excluding tert-OH is 1. The van der Waals surface area contributed by atoms with Crippen molar-refractivity contribution in [2.24, 2.45) is 0 Å². The molecule has 1 aromatic rings. The van der Waals surface area contributed by atoms with Gasteiger partial charge in [0, 0.05) is 5.54 Å². The minimum Gasteiger partial charge on any atom is -0.386 e. The summed E-state index contributed by atoms with van der Waals surface area (Å²) in [6.45, 7) is 1.05. The molecule has 2 aliphatic rings. The van der Waals surface area contributed by atoms with Crippen molar-refractivity contribution in [3.05, 3.63) is 35.4 Å². The van der Waals surface area contributed by atoms with Crippen LogP contribution in [0.25, 0.3) is 0 Å². The molecule has 0 radical (unpaired) electrons. The van der Waals surface area contributed by atoms with Crippen LogP contribution < -0.4 is 5.32 Å². The predicted octanol–water partition coefficient (Wildman–Crippen LogP) is 2.18. The zero-order valence-corrected chi connectivity index (χ0v) is 9.58. The van der Waals surface area contributed by atoms with E-state index in [1.807, 2.05) is 6.07 Å². The van der Waals surface area contributed by atoms with E-state index in [1.165, 1.54) is 18.4 Å². The Hall–Kier alpha value is -0.860. The van der Waals surface area contributed by atoms with E-state index in [0.29, 0.717) is 0 Å². The van der Waals surface area contributed by atoms with Gasteiger partial charge in [0.25, 0.3) is 0 Å². The summed E-state index contributed by atoms with van der Waals surface area (Å²) in [5, 5.41) is 14.1. The Kier molecular flexibility index (Phi) is 2.49. The second kappa shape index (κ2) is 3.86. The molecule has 1 heterocycles. The number of hydrogen-bond acceptors (Lipinski definition) is 2. The number of nitrogens with one attached hydrogen (secondary N) is 1. The largest absolute Gasteiger partial charge is 0.386 e. The molecule has 1 spiro atoms. The Labute approximate surface area is 96.7 Å². The number of aliphatic hydroxyl groups is 1. The summed E-state index contributed by atoms with van der Waals surface area (Å²) < 4.78 is 0. The summed E-state index contributed by atoms with van der Waals surface area (Å²) in [4.78, 5) is 0. The molecule has 1 aliphatic carbocycles. The van der Waals surface area contributed by atoms with E-state index in [4.69, 9.17) is 0 Å². The van der Waals surface area contributed by atoms with E-state index in [2.05, 4.69) is 23.5 Å². The average molecular weight is 217 g/mol. The molecule has 1 aliphatic heterocycles. The van der Waals surface area contributed by atoms with Crippen molar-refractivity contribution < 1.29 is 5.11 Å². The third-order valence-electron chi connectivity index (χ3n) is 4.24. The third-order valence-corrected chi connectivity index (χ3v) is 4.24. The van der Waals surface area contributed by atoms with E-state index >= 15 is 0 Å². The highest BCUT2D eigenvalue weighted by Crippen LogP contribution is 2.41. The van der Waals surface area contributed by atoms with Gasteiger partial charge in [-0.2, -0.15) is 0 Å². The van der Waals surface area contributed by atoms with Crippen molar-refractivity contribution in [3.63, 3.8) is 0 Å². The molecule has 1 aromatic carbocycles. The van der Waals surface area contributed by atoms with Crippen LogP contribution in [0.3, 0.4) is 0 Å². The van der Waals surface area contributed by atoms with Gasteiger partial charge < -0.3 is 10.4 Å². The Morgan fingerprint density at radius 1 is 1.19 bits per heavy atom. The molecule has 1 saturated heterocycles. The SMILES string of the molecule is OC1c2ccccc2CCC12CCCCN2. The molecular formula is C14H19NO. The zero-order chi connectivity index (χ0) is 11.0. The quantitative estimate of drug-likeness (QED) is 0.698. The van der Waals surface area contributed by atoms with Crippen LogP contribution in [-0.4, -0.2) is 17.2 Å². The van der Waals surface area contributed by atoms with Gasteiger partial charge in [-0.25, -0.2) is 0 Å². The summed E-state index contributed by atoms with van der Waals surface area (Å²) in [6, 6.07) is 8.33. The van der Waals surface area contributed by atoms with Crippen LogP contribution in [0, 0.1) is 0 Å². The average Bonchev–Trinajstić information content (AvgIpc) is 2.36. The fourth-order valence-corrected chi connectivity index (χ4v) is 3.26. The third kappa shape index (κ3) is 1.48. The van der Waals surface area contributed by atoms with Crippen LogP contribution in [-0.2, 0) is 6.42 Å². The standard InChI is InChI=1S/C14H19NO/c16-13-12-6-2-1-5-11(12)7-9-14(13)8-3-4-10-15-14/h1-2,5-6,13,15-16H,3-4,7-10H2. The number of aryl methyl sites for hydroxylation is 1. The van der Waals surface area contributed by atoms with Crippen molar-refractivity contribution in [3.8, 4) is 0 Å². The van der Waals surface area contributed by atoms with Gasteiger partial charge >= 0.3 is 0 Å². The fourth-order valence-electron chi connectivity index (χ4n) is 3.26. The van der Waals surface area contributed by atoms with Crippen LogP contribution in [0.15, 0.2) is 24.3 Å². The molecule has 2 N–H and O–H groups in total. The minimum absolute atomic E-state index is 0.0351. The second-order valence-corrected chi connectivity index (χ2v) is 5.14. The van der Waals surface area contributed by atoms with Crippen molar-refractivity contribution in [1.29, 1.82) is 0 Å². The van der Waals surface area contributed by atoms with Crippen molar-refractivity contribution in [2.75, 3.05) is 6.54 Å². The van der Waals surface area contributed by atoms with Gasteiger partial charge in [-0.3, -0.25) is 0 Å². The van der Waals surface area contributed by atoms with Gasteiger partial charge in [0.1, 0.15) is 0 Å². The summed E-state index contributed by atoms with van der Waals surface area (Å²) in [5.74, 6) is 0. The maximum Gasteiger partial charge on any atom is 0.0974 e. The van der Waals surface area contributed by atoms with Crippen LogP contribution in [0.2, 0.25) is 0 Å². The van der Waals surface area contributed by atoms with E-state index in [0.717, 1.165) is 31.4 Å². The van der Waals surface area contributed by atoms with Crippen LogP contribution in [0.1, 0.15) is 42.9 Å². The molecule has 2 unspecified atom stereocenters. The van der Waals surface area contributed by atoms with Crippen LogP contribution in [0.5, 0.6) is 0 Å². The number of piperidine rings is 1. The van der Waals surface area contributed by atoms with E-state index in [1.54, 1.807) is 0 Å². The molecule has 0 aromatic heterocycles. The first kappa shape index (κ1) is 10.3. The van der Waals surface area contributed by atoms with Gasteiger partial charge in [0.15, 0.2) is 0 Å². The van der Waals surface area contributed by atoms with Gasteiger partial charge in [-0.1, -0.05) is 30.7 Å². The lowest BCUT2D eigenvalue weighted by atomic mass is 9.71. The number of rotatable bonds is 0. The number of hydrogen-bond donors (Lipinski definition) is 2. The highest BCUT2D eigenvalue weighted by Gasteiger charge is 2.42. The second-order valence-electron chi connectivity index (χ2n) is 5.14. The van der Waals surface area contributed by atoms with Crippen molar-refractivity contribution in [2.45, 2.75) is 43.7 Å². The molecule has 2 nitrogen and oxygen atoms in total. The first-order valence-electron chi connectivity index (χ1n) is 6.33. The zero-order valence-electron chi connectivity index (χ0n) is 9.58. The summed E-state index contributed by atoms with van der Waals surface area (Å²) in [6.07, 6.45) is 5.45. The van der Waals surface area contributed by atoms with Gasteiger partial charge in [-0.05, 0) is 43.4 Å². The van der Waals surface area contributed by atoms with Crippen LogP contribution in [0.4, 0.5) is 0 Å². The highest BCUT2D eigenvalue weighted by atomic mass is 16.3. The Bertz CT molecular complexity index is 382. The van der Waals surface area contributed by atoms with E-state index in [-0.39, 0.29) is 11.6 Å². The first-order chi connectivity index (χ1) is 7.82. The summed E-state index contributed by atoms with van der Waals surface area (Å²) in [5.41, 5.74) is 2.43. The smallest absolute Gasteiger partial charge is 0.0974 e. The minimum atomic E-state index is -0.322. The lowest BCUT2D eigenvalue weighted by Gasteiger charge is -2.45. The molecule has 1 fully saturated rings. The van der Waals surface area contributed by atoms with Gasteiger partial charge in [-0.15, -0.1) is 0 Å². The molecule has 2 heteroatoms. The van der Waals surface area contributed by atoms with Gasteiger partial charge in [0.2, 0.25) is 0 Å². The lowest BCUT2D eigenvalue weighted by molar-refractivity contribution is 0.0254. The lowest BCUT2D eigenvalue weighted by Crippen LogP contribution is -2.54. The highest BCUT2D eigenvalue weighted by molar-refractivity contribution is 5.35. The molecule has 16 heavy (non-hydrogen) atoms. The Balaban J connectivity index is 1.96. The molecule has 3 rings (SSSR count). The van der Waals surface area contributed by atoms with Gasteiger partial charge in [0.05, 0.1) is 6.10 Å². The topological polar surface area (TPSA) is 32.3 Å². The molecule has 2 atom stereocenters. The van der Waals surface area contributed by atoms with Crippen molar-refractivity contribution in [1.82, 2.24) is 5.32 Å². The molecular weight excluding hydrogens is 198 g/mol. The molecule has 86 valence electrons. The first-order valence-corrected chi connectivity index (χ1v) is 6.33. The summed E-state index contributed by atoms with van der Waals surface area (Å²) >= 11 is 0. The predicted molar refractivity (Wildman–Crippen MR) is 64.3 cm³/mol. The van der Waals surface area contributed by atoms with Crippen LogP contribution >= 0.6 is 0 Å². The molecule has 0 amide bonds. The van der Waals surface area contributed by atoms with E-state index < -0.39 is 0 Å². The molecule has 0 bridgehead atoms. The number of benzene rings is 1. The normalized spacial score (nSPS) is 33.7. The monoisotopic (exact) mass is 217 g/mol. The van der Waals surface area contributed by atoms with E-state index in [9.17, 15) is 5.11 Å². The van der Waals surface area contributed by atoms with Crippen molar-refractivity contribution >= 4 is 0 Å². The Morgan fingerprint density at radius 2 is 2.06 bits per heavy atom. The fraction of sp³-hybridized carbons (Fsp3) is 0.571. The number of fused-ring (bicyclic) bond motifs is 1. The maximum atomic E-state index is 10.6. The summed E-state index contributed by atoms with van der Waals surface area (Å²) in [7, 11) is 0. The maximum absolute atomic E-state index is 10.6. The Morgan fingerprint density at radius 3 is 2.88 bits per heavy atom. The molecule has 0 saturated carbocycles.